The number of rotatable bonds is 0. The Hall–Kier alpha value is -1.77. The second-order valence-corrected chi connectivity index (χ2v) is 5.28. The van der Waals surface area contributed by atoms with Crippen LogP contribution in [-0.4, -0.2) is 13.1 Å². The SMILES string of the molecule is N=c1ccc2cc3c4c(c2o1)CCCN4CCC3. The molecule has 0 bridgehead atoms. The molecule has 0 atom stereocenters. The van der Waals surface area contributed by atoms with Crippen molar-refractivity contribution in [1.29, 1.82) is 5.41 Å². The Kier molecular flexibility index (Phi) is 2.04. The number of nitrogens with zero attached hydrogens (tertiary/aromatic N) is 1. The third-order valence-electron chi connectivity index (χ3n) is 4.13. The average molecular weight is 240 g/mol. The molecule has 2 aliphatic heterocycles. The van der Waals surface area contributed by atoms with Crippen LogP contribution < -0.4 is 10.5 Å². The van der Waals surface area contributed by atoms with Gasteiger partial charge in [-0.3, -0.25) is 5.41 Å². The van der Waals surface area contributed by atoms with Crippen molar-refractivity contribution in [3.63, 3.8) is 0 Å². The molecule has 0 fully saturated rings. The number of aryl methyl sites for hydroxylation is 2. The summed E-state index contributed by atoms with van der Waals surface area (Å²) < 4.78 is 5.67. The molecule has 3 nitrogen and oxygen atoms in total. The van der Waals surface area contributed by atoms with E-state index in [1.165, 1.54) is 49.2 Å². The smallest absolute Gasteiger partial charge is 0.211 e. The zero-order chi connectivity index (χ0) is 12.1. The fourth-order valence-corrected chi connectivity index (χ4v) is 3.41. The fraction of sp³-hybridized carbons (Fsp3) is 0.400. The van der Waals surface area contributed by atoms with E-state index in [9.17, 15) is 0 Å². The van der Waals surface area contributed by atoms with E-state index < -0.39 is 0 Å². The minimum Gasteiger partial charge on any atom is -0.439 e. The summed E-state index contributed by atoms with van der Waals surface area (Å²) in [6.45, 7) is 2.35. The topological polar surface area (TPSA) is 40.2 Å². The van der Waals surface area contributed by atoms with Gasteiger partial charge in [-0.05, 0) is 43.4 Å². The van der Waals surface area contributed by atoms with E-state index in [0.717, 1.165) is 17.4 Å². The highest BCUT2D eigenvalue weighted by molar-refractivity contribution is 5.88. The molecular formula is C15H16N2O. The Bertz CT molecular complexity index is 685. The van der Waals surface area contributed by atoms with Crippen LogP contribution in [0.15, 0.2) is 22.6 Å². The number of benzene rings is 1. The molecule has 0 aliphatic carbocycles. The van der Waals surface area contributed by atoms with E-state index in [1.807, 2.05) is 6.07 Å². The normalized spacial score (nSPS) is 17.9. The van der Waals surface area contributed by atoms with Gasteiger partial charge in [0.25, 0.3) is 0 Å². The van der Waals surface area contributed by atoms with Gasteiger partial charge in [-0.15, -0.1) is 0 Å². The largest absolute Gasteiger partial charge is 0.439 e. The summed E-state index contributed by atoms with van der Waals surface area (Å²) in [4.78, 5) is 2.50. The van der Waals surface area contributed by atoms with Crippen LogP contribution in [0.2, 0.25) is 0 Å². The van der Waals surface area contributed by atoms with Crippen LogP contribution in [0.5, 0.6) is 0 Å². The molecule has 2 aromatic rings. The first-order valence-corrected chi connectivity index (χ1v) is 6.71. The predicted molar refractivity (Wildman–Crippen MR) is 70.9 cm³/mol. The van der Waals surface area contributed by atoms with Crippen molar-refractivity contribution >= 4 is 16.7 Å². The van der Waals surface area contributed by atoms with E-state index in [0.29, 0.717) is 0 Å². The highest BCUT2D eigenvalue weighted by Crippen LogP contribution is 2.39. The van der Waals surface area contributed by atoms with Gasteiger partial charge in [-0.1, -0.05) is 0 Å². The van der Waals surface area contributed by atoms with Crippen molar-refractivity contribution in [2.75, 3.05) is 18.0 Å². The molecule has 18 heavy (non-hydrogen) atoms. The second-order valence-electron chi connectivity index (χ2n) is 5.28. The molecule has 1 N–H and O–H groups in total. The summed E-state index contributed by atoms with van der Waals surface area (Å²) in [6.07, 6.45) is 4.72. The van der Waals surface area contributed by atoms with Gasteiger partial charge in [-0.2, -0.15) is 0 Å². The van der Waals surface area contributed by atoms with Crippen LogP contribution in [0.4, 0.5) is 5.69 Å². The van der Waals surface area contributed by atoms with Crippen molar-refractivity contribution < 1.29 is 4.42 Å². The van der Waals surface area contributed by atoms with E-state index in [4.69, 9.17) is 9.83 Å². The Balaban J connectivity index is 2.12. The van der Waals surface area contributed by atoms with Crippen LogP contribution in [0, 0.1) is 5.41 Å². The van der Waals surface area contributed by atoms with E-state index >= 15 is 0 Å². The summed E-state index contributed by atoms with van der Waals surface area (Å²) in [5.41, 5.74) is 5.41. The monoisotopic (exact) mass is 240 g/mol. The quantitative estimate of drug-likeness (QED) is 0.769. The molecule has 0 saturated heterocycles. The van der Waals surface area contributed by atoms with Crippen molar-refractivity contribution in [3.05, 3.63) is 34.9 Å². The second kappa shape index (κ2) is 3.61. The van der Waals surface area contributed by atoms with Gasteiger partial charge in [0.05, 0.1) is 0 Å². The zero-order valence-corrected chi connectivity index (χ0v) is 10.3. The van der Waals surface area contributed by atoms with Crippen LogP contribution in [0.1, 0.15) is 24.0 Å². The molecule has 1 aromatic carbocycles. The van der Waals surface area contributed by atoms with Crippen molar-refractivity contribution in [3.8, 4) is 0 Å². The van der Waals surface area contributed by atoms with Gasteiger partial charge >= 0.3 is 0 Å². The molecule has 0 unspecified atom stereocenters. The maximum Gasteiger partial charge on any atom is 0.211 e. The number of nitrogens with one attached hydrogen (secondary N) is 1. The molecule has 2 aliphatic rings. The lowest BCUT2D eigenvalue weighted by Gasteiger charge is -2.37. The maximum atomic E-state index is 7.68. The van der Waals surface area contributed by atoms with Crippen LogP contribution in [0.3, 0.4) is 0 Å². The minimum atomic E-state index is 0.256. The third kappa shape index (κ3) is 1.33. The average Bonchev–Trinajstić information content (AvgIpc) is 2.40. The van der Waals surface area contributed by atoms with Gasteiger partial charge < -0.3 is 9.32 Å². The molecule has 3 heteroatoms. The molecule has 3 heterocycles. The molecule has 0 radical (unpaired) electrons. The lowest BCUT2D eigenvalue weighted by atomic mass is 9.90. The first-order chi connectivity index (χ1) is 8.83. The minimum absolute atomic E-state index is 0.256. The maximum absolute atomic E-state index is 7.68. The Morgan fingerprint density at radius 3 is 2.83 bits per heavy atom. The standard InChI is InChI=1S/C15H16N2O/c16-13-6-5-11-9-10-3-1-7-17-8-2-4-12(14(10)17)15(11)18-13/h5-6,9,16H,1-4,7-8H2. The van der Waals surface area contributed by atoms with E-state index in [-0.39, 0.29) is 5.55 Å². The molecule has 92 valence electrons. The molecule has 0 amide bonds. The molecule has 0 spiro atoms. The Labute approximate surface area is 106 Å². The summed E-state index contributed by atoms with van der Waals surface area (Å²) in [6, 6.07) is 6.02. The predicted octanol–water partition coefficient (Wildman–Crippen LogP) is 2.61. The highest BCUT2D eigenvalue weighted by atomic mass is 16.3. The van der Waals surface area contributed by atoms with Crippen LogP contribution in [0.25, 0.3) is 11.0 Å². The summed E-state index contributed by atoms with van der Waals surface area (Å²) in [5, 5.41) is 8.83. The molecule has 4 rings (SSSR count). The van der Waals surface area contributed by atoms with Crippen molar-refractivity contribution in [2.24, 2.45) is 0 Å². The first-order valence-electron chi connectivity index (χ1n) is 6.71. The third-order valence-corrected chi connectivity index (χ3v) is 4.13. The molecule has 1 aromatic heterocycles. The van der Waals surface area contributed by atoms with Gasteiger partial charge in [-0.25, -0.2) is 0 Å². The number of anilines is 1. The summed E-state index contributed by atoms with van der Waals surface area (Å²) in [5.74, 6) is 0. The fourth-order valence-electron chi connectivity index (χ4n) is 3.41. The van der Waals surface area contributed by atoms with E-state index in [1.54, 1.807) is 6.07 Å². The number of hydrogen-bond acceptors (Lipinski definition) is 3. The summed E-state index contributed by atoms with van der Waals surface area (Å²) in [7, 11) is 0. The van der Waals surface area contributed by atoms with Crippen LogP contribution in [-0.2, 0) is 12.8 Å². The highest BCUT2D eigenvalue weighted by Gasteiger charge is 2.26. The summed E-state index contributed by atoms with van der Waals surface area (Å²) >= 11 is 0. The number of hydrogen-bond donors (Lipinski definition) is 1. The van der Waals surface area contributed by atoms with Gasteiger partial charge in [0.15, 0.2) is 0 Å². The van der Waals surface area contributed by atoms with E-state index in [2.05, 4.69) is 11.0 Å². The van der Waals surface area contributed by atoms with Crippen molar-refractivity contribution in [2.45, 2.75) is 25.7 Å². The van der Waals surface area contributed by atoms with Gasteiger partial charge in [0.1, 0.15) is 5.58 Å². The molecular weight excluding hydrogens is 224 g/mol. The van der Waals surface area contributed by atoms with Gasteiger partial charge in [0.2, 0.25) is 5.55 Å². The van der Waals surface area contributed by atoms with Crippen LogP contribution >= 0.6 is 0 Å². The lowest BCUT2D eigenvalue weighted by molar-refractivity contribution is 0.525. The number of fused-ring (bicyclic) bond motifs is 2. The first kappa shape index (κ1) is 10.2. The Morgan fingerprint density at radius 2 is 1.94 bits per heavy atom. The zero-order valence-electron chi connectivity index (χ0n) is 10.3. The molecule has 0 saturated carbocycles. The Morgan fingerprint density at radius 1 is 1.11 bits per heavy atom. The lowest BCUT2D eigenvalue weighted by Crippen LogP contribution is -2.34. The van der Waals surface area contributed by atoms with Crippen molar-refractivity contribution in [1.82, 2.24) is 0 Å². The van der Waals surface area contributed by atoms with Gasteiger partial charge in [0, 0.05) is 35.8 Å².